The zero-order valence-electron chi connectivity index (χ0n) is 18.9. The molecule has 0 bridgehead atoms. The first-order chi connectivity index (χ1) is 15.8. The second kappa shape index (κ2) is 12.5. The highest BCUT2D eigenvalue weighted by Crippen LogP contribution is 2.35. The summed E-state index contributed by atoms with van der Waals surface area (Å²) < 4.78 is 31.5. The van der Waals surface area contributed by atoms with Gasteiger partial charge in [0.1, 0.15) is 12.4 Å². The maximum Gasteiger partial charge on any atom is 0.333 e. The third-order valence-electron chi connectivity index (χ3n) is 4.75. The van der Waals surface area contributed by atoms with Crippen molar-refractivity contribution in [2.75, 3.05) is 25.1 Å². The highest BCUT2D eigenvalue weighted by molar-refractivity contribution is 5.97. The van der Waals surface area contributed by atoms with Gasteiger partial charge in [0.2, 0.25) is 0 Å². The number of carbonyl (C=O) groups excluding carboxylic acids is 1. The minimum absolute atomic E-state index is 0.00335. The van der Waals surface area contributed by atoms with Crippen molar-refractivity contribution in [1.82, 2.24) is 0 Å². The average Bonchev–Trinajstić information content (AvgIpc) is 2.82. The fourth-order valence-corrected chi connectivity index (χ4v) is 2.88. The van der Waals surface area contributed by atoms with Crippen LogP contribution in [0.2, 0.25) is 0 Å². The molecule has 9 nitrogen and oxygen atoms in total. The minimum atomic E-state index is -1.19. The molecule has 0 fully saturated rings. The van der Waals surface area contributed by atoms with Crippen molar-refractivity contribution in [1.29, 1.82) is 0 Å². The number of ether oxygens (including phenoxy) is 3. The summed E-state index contributed by atoms with van der Waals surface area (Å²) in [5, 5.41) is 23.8. The van der Waals surface area contributed by atoms with Crippen LogP contribution in [-0.2, 0) is 9.53 Å². The second-order valence-electron chi connectivity index (χ2n) is 7.12. The van der Waals surface area contributed by atoms with Gasteiger partial charge < -0.3 is 35.6 Å². The molecule has 0 saturated heterocycles. The van der Waals surface area contributed by atoms with Crippen LogP contribution < -0.4 is 20.5 Å². The highest BCUT2D eigenvalue weighted by atomic mass is 19.1. The van der Waals surface area contributed by atoms with Gasteiger partial charge in [-0.15, -0.1) is 0 Å². The first kappa shape index (κ1) is 25.7. The lowest BCUT2D eigenvalue weighted by Crippen LogP contribution is -2.27. The van der Waals surface area contributed by atoms with E-state index in [1.165, 1.54) is 6.07 Å². The third-order valence-corrected chi connectivity index (χ3v) is 4.75. The number of nitrogens with two attached hydrogens (primary N) is 1. The van der Waals surface area contributed by atoms with Gasteiger partial charge >= 0.3 is 5.97 Å². The first-order valence-corrected chi connectivity index (χ1v) is 10.6. The van der Waals surface area contributed by atoms with E-state index in [0.29, 0.717) is 17.7 Å². The summed E-state index contributed by atoms with van der Waals surface area (Å²) in [7, 11) is 0. The molecule has 0 radical (unpaired) electrons. The number of nitrogens with zero attached hydrogens (tertiary/aromatic N) is 1. The number of esters is 1. The predicted octanol–water partition coefficient (Wildman–Crippen LogP) is 3.18. The van der Waals surface area contributed by atoms with Gasteiger partial charge in [0, 0.05) is 22.9 Å². The highest BCUT2D eigenvalue weighted by Gasteiger charge is 2.28. The van der Waals surface area contributed by atoms with E-state index >= 15 is 4.39 Å². The lowest BCUT2D eigenvalue weighted by atomic mass is 10.0. The molecule has 5 N–H and O–H groups in total. The molecule has 1 unspecified atom stereocenters. The Bertz CT molecular complexity index is 952. The molecule has 0 aliphatic heterocycles. The number of halogens is 1. The van der Waals surface area contributed by atoms with Gasteiger partial charge in [-0.2, -0.15) is 0 Å². The number of aliphatic hydroxyl groups is 1. The smallest absolute Gasteiger partial charge is 0.333 e. The molecule has 33 heavy (non-hydrogen) atoms. The monoisotopic (exact) mass is 463 g/mol. The summed E-state index contributed by atoms with van der Waals surface area (Å²) in [4.78, 5) is 13.0. The Hall–Kier alpha value is -3.53. The Kier molecular flexibility index (Phi) is 9.74. The van der Waals surface area contributed by atoms with Crippen molar-refractivity contribution in [3.63, 3.8) is 0 Å². The summed E-state index contributed by atoms with van der Waals surface area (Å²) >= 11 is 0. The van der Waals surface area contributed by atoms with E-state index in [1.807, 2.05) is 6.92 Å². The molecule has 180 valence electrons. The third kappa shape index (κ3) is 6.98. The van der Waals surface area contributed by atoms with Crippen LogP contribution in [0.3, 0.4) is 0 Å². The van der Waals surface area contributed by atoms with E-state index in [2.05, 4.69) is 10.5 Å². The molecule has 0 amide bonds. The van der Waals surface area contributed by atoms with Crippen molar-refractivity contribution in [2.24, 2.45) is 10.9 Å². The quantitative estimate of drug-likeness (QED) is 0.124. The number of rotatable bonds is 12. The van der Waals surface area contributed by atoms with Crippen LogP contribution in [0.15, 0.2) is 41.6 Å². The van der Waals surface area contributed by atoms with Crippen LogP contribution in [0.4, 0.5) is 10.1 Å². The largest absolute Gasteiger partial charge is 0.490 e. The van der Waals surface area contributed by atoms with Crippen LogP contribution in [0.25, 0.3) is 0 Å². The summed E-state index contributed by atoms with van der Waals surface area (Å²) in [5.74, 6) is -1.11. The molecule has 0 aliphatic carbocycles. The maximum absolute atomic E-state index is 15.1. The summed E-state index contributed by atoms with van der Waals surface area (Å²) in [6.07, 6.45) is 0.222. The van der Waals surface area contributed by atoms with Gasteiger partial charge in [-0.25, -0.2) is 9.18 Å². The Morgan fingerprint density at radius 2 is 1.85 bits per heavy atom. The van der Waals surface area contributed by atoms with Crippen LogP contribution in [0.5, 0.6) is 11.5 Å². The fourth-order valence-electron chi connectivity index (χ4n) is 2.88. The van der Waals surface area contributed by atoms with E-state index in [0.717, 1.165) is 6.07 Å². The Morgan fingerprint density at radius 3 is 2.42 bits per heavy atom. The molecule has 2 rings (SSSR count). The summed E-state index contributed by atoms with van der Waals surface area (Å²) in [6, 6.07) is 7.69. The molecule has 2 atom stereocenters. The lowest BCUT2D eigenvalue weighted by Gasteiger charge is -2.23. The number of amidine groups is 1. The molecule has 2 aromatic carbocycles. The van der Waals surface area contributed by atoms with Crippen LogP contribution in [0, 0.1) is 5.82 Å². The zero-order chi connectivity index (χ0) is 24.4. The minimum Gasteiger partial charge on any atom is -0.490 e. The van der Waals surface area contributed by atoms with Crippen molar-refractivity contribution < 1.29 is 33.7 Å². The number of carbonyl (C=O) groups is 1. The van der Waals surface area contributed by atoms with Gasteiger partial charge in [0.15, 0.2) is 23.4 Å². The number of hydrogen-bond donors (Lipinski definition) is 4. The number of benzene rings is 2. The van der Waals surface area contributed by atoms with E-state index < -0.39 is 17.8 Å². The van der Waals surface area contributed by atoms with Crippen LogP contribution in [0.1, 0.15) is 44.4 Å². The Morgan fingerprint density at radius 1 is 1.18 bits per heavy atom. The predicted molar refractivity (Wildman–Crippen MR) is 121 cm³/mol. The second-order valence-corrected chi connectivity index (χ2v) is 7.12. The van der Waals surface area contributed by atoms with E-state index in [1.54, 1.807) is 38.1 Å². The van der Waals surface area contributed by atoms with Gasteiger partial charge in [0.05, 0.1) is 19.3 Å². The van der Waals surface area contributed by atoms with Gasteiger partial charge in [0.25, 0.3) is 0 Å². The first-order valence-electron chi connectivity index (χ1n) is 10.6. The molecule has 0 saturated carbocycles. The molecule has 0 aromatic heterocycles. The van der Waals surface area contributed by atoms with E-state index in [4.69, 9.17) is 30.3 Å². The zero-order valence-corrected chi connectivity index (χ0v) is 18.9. The number of nitrogens with one attached hydrogen (secondary N) is 1. The Balaban J connectivity index is 2.46. The summed E-state index contributed by atoms with van der Waals surface area (Å²) in [5.41, 5.74) is 6.54. The van der Waals surface area contributed by atoms with Gasteiger partial charge in [-0.3, -0.25) is 0 Å². The number of aliphatic hydroxyl groups excluding tert-OH is 1. The Labute approximate surface area is 191 Å². The molecular formula is C23H30FN3O6. The molecule has 0 aliphatic rings. The standard InChI is InChI=1S/C23H30FN3O6/c1-4-14(3)33-23(29)21(26-16-8-6-15(7-9-16)22(25)27-30)17-12-19(31-5-2)20(13-18(17)24)32-11-10-28/h6-9,12-14,21,26,28,30H,4-5,10-11H2,1-3H3,(H2,25,27)/t14?,21-/m0/s1. The van der Waals surface area contributed by atoms with Crippen molar-refractivity contribution in [3.8, 4) is 11.5 Å². The molecule has 2 aromatic rings. The van der Waals surface area contributed by atoms with Crippen molar-refractivity contribution in [3.05, 3.63) is 53.3 Å². The van der Waals surface area contributed by atoms with Crippen LogP contribution in [-0.4, -0.2) is 48.0 Å². The normalized spacial score (nSPS) is 13.2. The molecular weight excluding hydrogens is 433 g/mol. The van der Waals surface area contributed by atoms with Crippen LogP contribution >= 0.6 is 0 Å². The topological polar surface area (TPSA) is 136 Å². The van der Waals surface area contributed by atoms with Crippen molar-refractivity contribution in [2.45, 2.75) is 39.3 Å². The van der Waals surface area contributed by atoms with E-state index in [9.17, 15) is 4.79 Å². The molecule has 0 spiro atoms. The van der Waals surface area contributed by atoms with Crippen molar-refractivity contribution >= 4 is 17.5 Å². The SMILES string of the molecule is CCOc1cc([C@H](Nc2ccc(/C(N)=N\O)cc2)C(=O)OC(C)CC)c(F)cc1OCCO. The number of anilines is 1. The summed E-state index contributed by atoms with van der Waals surface area (Å²) in [6.45, 7) is 5.37. The lowest BCUT2D eigenvalue weighted by molar-refractivity contribution is -0.149. The average molecular weight is 464 g/mol. The number of oxime groups is 1. The fraction of sp³-hybridized carbons (Fsp3) is 0.391. The molecule has 0 heterocycles. The van der Waals surface area contributed by atoms with Gasteiger partial charge in [-0.1, -0.05) is 12.1 Å². The van der Waals surface area contributed by atoms with Gasteiger partial charge in [-0.05, 0) is 50.6 Å². The maximum atomic E-state index is 15.1. The number of hydrogen-bond acceptors (Lipinski definition) is 8. The van der Waals surface area contributed by atoms with E-state index in [-0.39, 0.29) is 48.8 Å². The molecule has 10 heteroatoms.